The second-order valence-corrected chi connectivity index (χ2v) is 5.70. The predicted molar refractivity (Wildman–Crippen MR) is 76.4 cm³/mol. The number of hydrogen-bond acceptors (Lipinski definition) is 3. The van der Waals surface area contributed by atoms with Crippen LogP contribution in [0.2, 0.25) is 0 Å². The molecule has 5 heteroatoms. The first kappa shape index (κ1) is 13.8. The van der Waals surface area contributed by atoms with Crippen LogP contribution < -0.4 is 5.32 Å². The number of hydrogen-bond donors (Lipinski definition) is 1. The molecule has 0 unspecified atom stereocenters. The molecular formula is C14H18N2O2S. The molecular weight excluding hydrogens is 260 g/mol. The number of rotatable bonds is 3. The molecule has 1 fully saturated rings. The summed E-state index contributed by atoms with van der Waals surface area (Å²) in [5.74, 6) is -0.103. The Morgan fingerprint density at radius 3 is 2.84 bits per heavy atom. The van der Waals surface area contributed by atoms with Gasteiger partial charge in [-0.15, -0.1) is 11.3 Å². The third-order valence-corrected chi connectivity index (χ3v) is 4.68. The summed E-state index contributed by atoms with van der Waals surface area (Å²) >= 11 is 1.50. The topological polar surface area (TPSA) is 49.4 Å². The summed E-state index contributed by atoms with van der Waals surface area (Å²) in [5, 5.41) is 4.85. The SMILES string of the molecule is C=CC(=O)N[C@H]1CCN(C(=O)c2scc(C)c2C)C1. The molecule has 2 amide bonds. The van der Waals surface area contributed by atoms with E-state index in [2.05, 4.69) is 11.9 Å². The Hall–Kier alpha value is -1.62. The molecule has 1 aliphatic heterocycles. The minimum absolute atomic E-state index is 0.0378. The molecule has 1 aromatic heterocycles. The van der Waals surface area contributed by atoms with E-state index in [1.165, 1.54) is 17.4 Å². The molecule has 0 aliphatic carbocycles. The number of nitrogens with zero attached hydrogens (tertiary/aromatic N) is 1. The van der Waals surface area contributed by atoms with E-state index in [-0.39, 0.29) is 17.9 Å². The van der Waals surface area contributed by atoms with Crippen LogP contribution in [0.25, 0.3) is 0 Å². The predicted octanol–water partition coefficient (Wildman–Crippen LogP) is 1.88. The van der Waals surface area contributed by atoms with Gasteiger partial charge in [-0.2, -0.15) is 0 Å². The van der Waals surface area contributed by atoms with E-state index >= 15 is 0 Å². The lowest BCUT2D eigenvalue weighted by Gasteiger charge is -2.16. The van der Waals surface area contributed by atoms with Gasteiger partial charge in [-0.25, -0.2) is 0 Å². The fourth-order valence-corrected chi connectivity index (χ4v) is 3.22. The van der Waals surface area contributed by atoms with Gasteiger partial charge < -0.3 is 10.2 Å². The third kappa shape index (κ3) is 2.87. The van der Waals surface area contributed by atoms with Crippen LogP contribution in [0.5, 0.6) is 0 Å². The van der Waals surface area contributed by atoms with Gasteiger partial charge in [0.15, 0.2) is 0 Å². The molecule has 4 nitrogen and oxygen atoms in total. The van der Waals surface area contributed by atoms with Gasteiger partial charge in [0.2, 0.25) is 5.91 Å². The van der Waals surface area contributed by atoms with Crippen molar-refractivity contribution in [1.29, 1.82) is 0 Å². The highest BCUT2D eigenvalue weighted by molar-refractivity contribution is 7.12. The standard InChI is InChI=1S/C14H18N2O2S/c1-4-12(17)15-11-5-6-16(7-11)14(18)13-10(3)9(2)8-19-13/h4,8,11H,1,5-7H2,2-3H3,(H,15,17)/t11-/m0/s1. The van der Waals surface area contributed by atoms with Gasteiger partial charge in [0, 0.05) is 19.1 Å². The number of thiophene rings is 1. The smallest absolute Gasteiger partial charge is 0.264 e. The van der Waals surface area contributed by atoms with Gasteiger partial charge in [0.05, 0.1) is 4.88 Å². The first-order valence-electron chi connectivity index (χ1n) is 6.29. The number of amides is 2. The molecule has 1 saturated heterocycles. The largest absolute Gasteiger partial charge is 0.348 e. The van der Waals surface area contributed by atoms with Crippen molar-refractivity contribution in [3.8, 4) is 0 Å². The number of nitrogens with one attached hydrogen (secondary N) is 1. The Kier molecular flexibility index (Phi) is 4.04. The van der Waals surface area contributed by atoms with E-state index in [1.54, 1.807) is 0 Å². The Morgan fingerprint density at radius 1 is 1.53 bits per heavy atom. The normalized spacial score (nSPS) is 18.4. The molecule has 1 atom stereocenters. The van der Waals surface area contributed by atoms with Crippen LogP contribution in [0.1, 0.15) is 27.2 Å². The van der Waals surface area contributed by atoms with Crippen molar-refractivity contribution in [1.82, 2.24) is 10.2 Å². The van der Waals surface area contributed by atoms with E-state index in [9.17, 15) is 9.59 Å². The monoisotopic (exact) mass is 278 g/mol. The van der Waals surface area contributed by atoms with Crippen molar-refractivity contribution in [3.05, 3.63) is 34.0 Å². The van der Waals surface area contributed by atoms with E-state index in [4.69, 9.17) is 0 Å². The van der Waals surface area contributed by atoms with E-state index in [0.717, 1.165) is 22.4 Å². The molecule has 0 bridgehead atoms. The maximum Gasteiger partial charge on any atom is 0.264 e. The quantitative estimate of drug-likeness (QED) is 0.858. The zero-order chi connectivity index (χ0) is 14.0. The lowest BCUT2D eigenvalue weighted by Crippen LogP contribution is -2.37. The summed E-state index contributed by atoms with van der Waals surface area (Å²) in [7, 11) is 0. The molecule has 0 aromatic carbocycles. The molecule has 2 heterocycles. The fraction of sp³-hybridized carbons (Fsp3) is 0.429. The Bertz CT molecular complexity index is 522. The van der Waals surface area contributed by atoms with Gasteiger partial charge >= 0.3 is 0 Å². The van der Waals surface area contributed by atoms with Crippen molar-refractivity contribution in [2.75, 3.05) is 13.1 Å². The zero-order valence-corrected chi connectivity index (χ0v) is 12.0. The van der Waals surface area contributed by atoms with Crippen LogP contribution in [0.15, 0.2) is 18.0 Å². The zero-order valence-electron chi connectivity index (χ0n) is 11.2. The Balaban J connectivity index is 2.01. The molecule has 2 rings (SSSR count). The first-order chi connectivity index (χ1) is 9.02. The summed E-state index contributed by atoms with van der Waals surface area (Å²) in [6.45, 7) is 8.69. The lowest BCUT2D eigenvalue weighted by molar-refractivity contribution is -0.117. The molecule has 0 saturated carbocycles. The van der Waals surface area contributed by atoms with Crippen molar-refractivity contribution in [2.45, 2.75) is 26.3 Å². The highest BCUT2D eigenvalue weighted by Crippen LogP contribution is 2.24. The average molecular weight is 278 g/mol. The van der Waals surface area contributed by atoms with Crippen LogP contribution >= 0.6 is 11.3 Å². The average Bonchev–Trinajstić information content (AvgIpc) is 2.98. The molecule has 0 spiro atoms. The number of carbonyl (C=O) groups excluding carboxylic acids is 2. The molecule has 0 radical (unpaired) electrons. The molecule has 19 heavy (non-hydrogen) atoms. The van der Waals surface area contributed by atoms with Gasteiger partial charge in [-0.1, -0.05) is 6.58 Å². The van der Waals surface area contributed by atoms with Crippen LogP contribution in [0, 0.1) is 13.8 Å². The summed E-state index contributed by atoms with van der Waals surface area (Å²) in [6, 6.07) is 0.0378. The summed E-state index contributed by atoms with van der Waals surface area (Å²) in [6.07, 6.45) is 2.06. The second kappa shape index (κ2) is 5.57. The number of carbonyl (C=O) groups is 2. The van der Waals surface area contributed by atoms with Gasteiger partial charge in [-0.05, 0) is 42.9 Å². The van der Waals surface area contributed by atoms with Gasteiger partial charge in [-0.3, -0.25) is 9.59 Å². The number of aryl methyl sites for hydroxylation is 1. The molecule has 1 aromatic rings. The third-order valence-electron chi connectivity index (χ3n) is 3.49. The Labute approximate surface area is 117 Å². The van der Waals surface area contributed by atoms with Crippen molar-refractivity contribution in [3.63, 3.8) is 0 Å². The van der Waals surface area contributed by atoms with Crippen molar-refractivity contribution in [2.24, 2.45) is 0 Å². The Morgan fingerprint density at radius 2 is 2.26 bits per heavy atom. The minimum atomic E-state index is -0.178. The fourth-order valence-electron chi connectivity index (χ4n) is 2.18. The minimum Gasteiger partial charge on any atom is -0.348 e. The second-order valence-electron chi connectivity index (χ2n) is 4.82. The van der Waals surface area contributed by atoms with Crippen LogP contribution in [0.4, 0.5) is 0 Å². The highest BCUT2D eigenvalue weighted by atomic mass is 32.1. The van der Waals surface area contributed by atoms with Crippen molar-refractivity contribution < 1.29 is 9.59 Å². The van der Waals surface area contributed by atoms with E-state index in [0.29, 0.717) is 13.1 Å². The van der Waals surface area contributed by atoms with Crippen LogP contribution in [-0.4, -0.2) is 35.8 Å². The molecule has 1 N–H and O–H groups in total. The summed E-state index contributed by atoms with van der Waals surface area (Å²) in [5.41, 5.74) is 2.22. The maximum absolute atomic E-state index is 12.4. The van der Waals surface area contributed by atoms with Crippen molar-refractivity contribution >= 4 is 23.2 Å². The first-order valence-corrected chi connectivity index (χ1v) is 7.17. The van der Waals surface area contributed by atoms with E-state index < -0.39 is 0 Å². The molecule has 102 valence electrons. The lowest BCUT2D eigenvalue weighted by atomic mass is 10.2. The maximum atomic E-state index is 12.4. The summed E-state index contributed by atoms with van der Waals surface area (Å²) in [4.78, 5) is 26.3. The molecule has 1 aliphatic rings. The highest BCUT2D eigenvalue weighted by Gasteiger charge is 2.29. The summed E-state index contributed by atoms with van der Waals surface area (Å²) < 4.78 is 0. The van der Waals surface area contributed by atoms with Crippen LogP contribution in [0.3, 0.4) is 0 Å². The van der Waals surface area contributed by atoms with Crippen LogP contribution in [-0.2, 0) is 4.79 Å². The van der Waals surface area contributed by atoms with Gasteiger partial charge in [0.1, 0.15) is 0 Å². The van der Waals surface area contributed by atoms with Gasteiger partial charge in [0.25, 0.3) is 5.91 Å². The van der Waals surface area contributed by atoms with E-state index in [1.807, 2.05) is 24.1 Å². The number of likely N-dealkylation sites (tertiary alicyclic amines) is 1.